The topological polar surface area (TPSA) is 91.8 Å². The number of hydrogen-bond donors (Lipinski definition) is 0. The van der Waals surface area contributed by atoms with Gasteiger partial charge in [-0.3, -0.25) is 4.79 Å². The van der Waals surface area contributed by atoms with Gasteiger partial charge in [0.05, 0.1) is 21.9 Å². The Morgan fingerprint density at radius 2 is 1.21 bits per heavy atom. The number of fused-ring (bicyclic) bond motifs is 1. The van der Waals surface area contributed by atoms with Gasteiger partial charge in [0, 0.05) is 24.9 Å². The molecule has 2 fully saturated rings. The van der Waals surface area contributed by atoms with Crippen molar-refractivity contribution in [1.82, 2.24) is 8.61 Å². The van der Waals surface area contributed by atoms with E-state index in [9.17, 15) is 21.6 Å². The smallest absolute Gasteiger partial charge is 0.243 e. The number of aryl methyl sites for hydroxylation is 2. The monoisotopic (exact) mass is 614 g/mol. The highest BCUT2D eigenvalue weighted by atomic mass is 32.2. The fourth-order valence-electron chi connectivity index (χ4n) is 6.55. The molecule has 2 heterocycles. The van der Waals surface area contributed by atoms with E-state index >= 15 is 0 Å². The number of benzene rings is 4. The molecule has 4 atom stereocenters. The second-order valence-corrected chi connectivity index (χ2v) is 15.1. The zero-order valence-electron chi connectivity index (χ0n) is 24.1. The van der Waals surface area contributed by atoms with Crippen molar-refractivity contribution in [2.75, 3.05) is 6.54 Å². The number of ketones is 1. The highest BCUT2D eigenvalue weighted by Crippen LogP contribution is 2.48. The lowest BCUT2D eigenvalue weighted by molar-refractivity contribution is -0.132. The van der Waals surface area contributed by atoms with Crippen molar-refractivity contribution >= 4 is 25.8 Å². The maximum absolute atomic E-state index is 14.5. The minimum atomic E-state index is -4.07. The van der Waals surface area contributed by atoms with Crippen LogP contribution in [0.25, 0.3) is 0 Å². The Morgan fingerprint density at radius 1 is 0.651 bits per heavy atom. The predicted octanol–water partition coefficient (Wildman–Crippen LogP) is 5.83. The number of sulfonamides is 2. The molecule has 2 aliphatic heterocycles. The molecular formula is C34H34N2O5S2. The molecule has 0 aromatic heterocycles. The summed E-state index contributed by atoms with van der Waals surface area (Å²) in [6, 6.07) is 29.9. The van der Waals surface area contributed by atoms with E-state index in [1.165, 1.54) is 8.61 Å². The van der Waals surface area contributed by atoms with Gasteiger partial charge in [-0.25, -0.2) is 16.8 Å². The first-order valence-corrected chi connectivity index (χ1v) is 17.3. The van der Waals surface area contributed by atoms with Crippen molar-refractivity contribution in [2.45, 2.75) is 54.6 Å². The fourth-order valence-corrected chi connectivity index (χ4v) is 10.3. The summed E-state index contributed by atoms with van der Waals surface area (Å²) in [6.45, 7) is 3.54. The summed E-state index contributed by atoms with van der Waals surface area (Å²) in [4.78, 5) is 14.3. The van der Waals surface area contributed by atoms with Crippen molar-refractivity contribution < 1.29 is 21.6 Å². The van der Waals surface area contributed by atoms with Crippen LogP contribution in [0.2, 0.25) is 0 Å². The molecule has 0 aliphatic carbocycles. The van der Waals surface area contributed by atoms with Gasteiger partial charge < -0.3 is 0 Å². The van der Waals surface area contributed by atoms with Crippen LogP contribution >= 0.6 is 0 Å². The van der Waals surface area contributed by atoms with E-state index in [1.54, 1.807) is 55.5 Å². The highest BCUT2D eigenvalue weighted by Gasteiger charge is 2.54. The average molecular weight is 615 g/mol. The van der Waals surface area contributed by atoms with E-state index in [4.69, 9.17) is 0 Å². The van der Waals surface area contributed by atoms with E-state index in [0.717, 1.165) is 16.7 Å². The van der Waals surface area contributed by atoms with Crippen LogP contribution in [0.1, 0.15) is 47.2 Å². The van der Waals surface area contributed by atoms with Crippen LogP contribution in [0.4, 0.5) is 0 Å². The Kier molecular flexibility index (Phi) is 7.85. The Balaban J connectivity index is 1.51. The number of nitrogens with zero attached hydrogens (tertiary/aromatic N) is 2. The number of carbonyl (C=O) groups excluding carboxylic acids is 1. The minimum absolute atomic E-state index is 0.0372. The number of piperidine rings is 2. The molecule has 43 heavy (non-hydrogen) atoms. The van der Waals surface area contributed by atoms with Gasteiger partial charge in [0.15, 0.2) is 0 Å². The zero-order chi connectivity index (χ0) is 30.4. The van der Waals surface area contributed by atoms with Crippen molar-refractivity contribution in [2.24, 2.45) is 5.92 Å². The molecule has 0 bridgehead atoms. The molecule has 0 radical (unpaired) electrons. The number of rotatable bonds is 6. The number of hydrogen-bond acceptors (Lipinski definition) is 5. The molecule has 222 valence electrons. The molecular weight excluding hydrogens is 581 g/mol. The Bertz CT molecular complexity index is 1840. The normalized spacial score (nSPS) is 23.5. The summed E-state index contributed by atoms with van der Waals surface area (Å²) in [5.74, 6) is -0.954. The molecule has 0 amide bonds. The van der Waals surface area contributed by atoms with Gasteiger partial charge in [0.2, 0.25) is 20.0 Å². The maximum atomic E-state index is 14.5. The Labute approximate surface area is 253 Å². The van der Waals surface area contributed by atoms with Crippen LogP contribution in [0.15, 0.2) is 119 Å². The van der Waals surface area contributed by atoms with E-state index < -0.39 is 44.1 Å². The molecule has 4 aromatic rings. The van der Waals surface area contributed by atoms with E-state index in [0.29, 0.717) is 5.56 Å². The Hall–Kier alpha value is -3.63. The van der Waals surface area contributed by atoms with Gasteiger partial charge in [0.25, 0.3) is 0 Å². The third kappa shape index (κ3) is 5.35. The lowest BCUT2D eigenvalue weighted by Crippen LogP contribution is -2.60. The Morgan fingerprint density at radius 3 is 1.81 bits per heavy atom. The summed E-state index contributed by atoms with van der Waals surface area (Å²) in [6.07, 6.45) is 0.102. The summed E-state index contributed by atoms with van der Waals surface area (Å²) >= 11 is 0. The van der Waals surface area contributed by atoms with Crippen molar-refractivity contribution in [3.05, 3.63) is 131 Å². The van der Waals surface area contributed by atoms with Crippen molar-refractivity contribution in [1.29, 1.82) is 0 Å². The van der Waals surface area contributed by atoms with E-state index in [2.05, 4.69) is 0 Å². The van der Waals surface area contributed by atoms with Crippen LogP contribution < -0.4 is 0 Å². The van der Waals surface area contributed by atoms with E-state index in [1.807, 2.05) is 67.6 Å². The molecule has 0 saturated carbocycles. The third-order valence-electron chi connectivity index (χ3n) is 8.74. The average Bonchev–Trinajstić information content (AvgIpc) is 3.01. The lowest BCUT2D eigenvalue weighted by atomic mass is 9.77. The largest absolute Gasteiger partial charge is 0.299 e. The van der Waals surface area contributed by atoms with Gasteiger partial charge >= 0.3 is 0 Å². The molecule has 9 heteroatoms. The predicted molar refractivity (Wildman–Crippen MR) is 165 cm³/mol. The second kappa shape index (κ2) is 11.5. The summed E-state index contributed by atoms with van der Waals surface area (Å²) in [5.41, 5.74) is 3.03. The van der Waals surface area contributed by atoms with Crippen LogP contribution in [-0.2, 0) is 24.8 Å². The molecule has 0 N–H and O–H groups in total. The van der Waals surface area contributed by atoms with Gasteiger partial charge in [-0.1, -0.05) is 96.6 Å². The summed E-state index contributed by atoms with van der Waals surface area (Å²) < 4.78 is 60.5. The zero-order valence-corrected chi connectivity index (χ0v) is 25.7. The molecule has 2 aliphatic rings. The van der Waals surface area contributed by atoms with Crippen LogP contribution in [0.5, 0.6) is 0 Å². The molecule has 7 nitrogen and oxygen atoms in total. The van der Waals surface area contributed by atoms with Gasteiger partial charge in [-0.15, -0.1) is 0 Å². The number of Topliss-reactive ketones (excluding diaryl/α,β-unsaturated/α-hetero) is 1. The van der Waals surface area contributed by atoms with Crippen molar-refractivity contribution in [3.8, 4) is 0 Å². The lowest BCUT2D eigenvalue weighted by Gasteiger charge is -2.51. The highest BCUT2D eigenvalue weighted by molar-refractivity contribution is 7.89. The maximum Gasteiger partial charge on any atom is 0.243 e. The second-order valence-electron chi connectivity index (χ2n) is 11.4. The SMILES string of the molecule is Cc1ccc(S(=O)(=O)N2[C@H](c3ccccc3)CC(=O)[C@@H]3CN(S(=O)(=O)c4ccccc4C)[C@H](c4ccccc4)C[C@@H]32)cc1. The van der Waals surface area contributed by atoms with Gasteiger partial charge in [-0.2, -0.15) is 8.61 Å². The molecule has 6 rings (SSSR count). The number of carbonyl (C=O) groups is 1. The summed E-state index contributed by atoms with van der Waals surface area (Å²) in [5, 5.41) is 0. The van der Waals surface area contributed by atoms with E-state index in [-0.39, 0.29) is 35.0 Å². The molecule has 0 unspecified atom stereocenters. The van der Waals surface area contributed by atoms with Gasteiger partial charge in [0.1, 0.15) is 5.78 Å². The third-order valence-corrected chi connectivity index (χ3v) is 12.7. The first-order valence-electron chi connectivity index (χ1n) is 14.4. The summed E-state index contributed by atoms with van der Waals surface area (Å²) in [7, 11) is -8.10. The molecule has 4 aromatic carbocycles. The minimum Gasteiger partial charge on any atom is -0.299 e. The van der Waals surface area contributed by atoms with Crippen molar-refractivity contribution in [3.63, 3.8) is 0 Å². The molecule has 2 saturated heterocycles. The standard InChI is InChI=1S/C34H34N2O5S2/c1-24-17-19-28(20-18-24)42(38,39)36-31(27-14-7-4-8-15-27)22-33(37)29-23-35(43(40,41)34-16-10-9-11-25(34)2)30(21-32(29)36)26-12-5-3-6-13-26/h3-20,29-32H,21-23H2,1-2H3/t29-,30+,31+,32+/m1/s1. The van der Waals surface area contributed by atoms with Crippen LogP contribution in [0.3, 0.4) is 0 Å². The first kappa shape index (κ1) is 29.4. The first-order chi connectivity index (χ1) is 20.6. The van der Waals surface area contributed by atoms with Crippen LogP contribution in [0, 0.1) is 19.8 Å². The fraction of sp³-hybridized carbons (Fsp3) is 0.265. The van der Waals surface area contributed by atoms with Gasteiger partial charge in [-0.05, 0) is 55.2 Å². The molecule has 0 spiro atoms. The quantitative estimate of drug-likeness (QED) is 0.273. The van der Waals surface area contributed by atoms with Crippen LogP contribution in [-0.4, -0.2) is 43.8 Å².